The predicted octanol–water partition coefficient (Wildman–Crippen LogP) is 0.577. The van der Waals surface area contributed by atoms with Gasteiger partial charge in [-0.1, -0.05) is 12.1 Å². The number of nitrogens with two attached hydrogens (primary N) is 1. The second-order valence-corrected chi connectivity index (χ2v) is 3.67. The Morgan fingerprint density at radius 1 is 1.40 bits per heavy atom. The Kier molecular flexibility index (Phi) is 2.99. The Balaban J connectivity index is 2.15. The molecule has 4 nitrogen and oxygen atoms in total. The number of carbonyl (C=O) groups is 1. The van der Waals surface area contributed by atoms with Crippen molar-refractivity contribution in [1.29, 1.82) is 0 Å². The number of rotatable bonds is 3. The third-order valence-corrected chi connectivity index (χ3v) is 2.54. The van der Waals surface area contributed by atoms with Crippen LogP contribution in [0.3, 0.4) is 0 Å². The Bertz CT molecular complexity index is 376. The van der Waals surface area contributed by atoms with Crippen LogP contribution in [0.4, 0.5) is 5.69 Å². The maximum Gasteiger partial charge on any atom is 0.224 e. The summed E-state index contributed by atoms with van der Waals surface area (Å²) in [5.41, 5.74) is 8.73. The first kappa shape index (κ1) is 10.1. The summed E-state index contributed by atoms with van der Waals surface area (Å²) in [5, 5.41) is 5.93. The lowest BCUT2D eigenvalue weighted by Crippen LogP contribution is -2.22. The molecule has 1 heterocycles. The van der Waals surface area contributed by atoms with Crippen LogP contribution < -0.4 is 16.4 Å². The van der Waals surface area contributed by atoms with E-state index in [0.717, 1.165) is 18.7 Å². The van der Waals surface area contributed by atoms with Gasteiger partial charge in [0.1, 0.15) is 0 Å². The van der Waals surface area contributed by atoms with Crippen molar-refractivity contribution >= 4 is 11.6 Å². The summed E-state index contributed by atoms with van der Waals surface area (Å²) in [6, 6.07) is 6.09. The van der Waals surface area contributed by atoms with E-state index in [9.17, 15) is 4.79 Å². The first-order valence-electron chi connectivity index (χ1n) is 5.12. The molecule has 1 aliphatic heterocycles. The summed E-state index contributed by atoms with van der Waals surface area (Å²) in [7, 11) is 0. The van der Waals surface area contributed by atoms with E-state index < -0.39 is 0 Å². The van der Waals surface area contributed by atoms with Crippen molar-refractivity contribution in [1.82, 2.24) is 5.32 Å². The number of carbonyl (C=O) groups excluding carboxylic acids is 1. The molecule has 80 valence electrons. The van der Waals surface area contributed by atoms with Crippen molar-refractivity contribution < 1.29 is 4.79 Å². The van der Waals surface area contributed by atoms with Crippen molar-refractivity contribution in [3.05, 3.63) is 29.3 Å². The first-order chi connectivity index (χ1) is 7.29. The van der Waals surface area contributed by atoms with Gasteiger partial charge in [0, 0.05) is 25.3 Å². The lowest BCUT2D eigenvalue weighted by Gasteiger charge is -2.17. The largest absolute Gasteiger partial charge is 0.326 e. The number of aryl methyl sites for hydroxylation is 1. The number of benzene rings is 1. The van der Waals surface area contributed by atoms with Gasteiger partial charge in [0.05, 0.1) is 0 Å². The number of amides is 1. The molecule has 4 N–H and O–H groups in total. The fraction of sp³-hybridized carbons (Fsp3) is 0.364. The second-order valence-electron chi connectivity index (χ2n) is 3.67. The lowest BCUT2D eigenvalue weighted by atomic mass is 10.0. The zero-order chi connectivity index (χ0) is 10.7. The van der Waals surface area contributed by atoms with E-state index in [4.69, 9.17) is 5.73 Å². The maximum atomic E-state index is 11.1. The van der Waals surface area contributed by atoms with Crippen LogP contribution in [0.25, 0.3) is 0 Å². The molecule has 0 bridgehead atoms. The third kappa shape index (κ3) is 2.34. The van der Waals surface area contributed by atoms with E-state index in [-0.39, 0.29) is 5.91 Å². The lowest BCUT2D eigenvalue weighted by molar-refractivity contribution is -0.116. The van der Waals surface area contributed by atoms with Gasteiger partial charge in [-0.3, -0.25) is 4.79 Å². The molecule has 1 aliphatic rings. The molecule has 0 aliphatic carbocycles. The van der Waals surface area contributed by atoms with Gasteiger partial charge >= 0.3 is 0 Å². The maximum absolute atomic E-state index is 11.1. The van der Waals surface area contributed by atoms with Crippen LogP contribution in [-0.2, 0) is 17.8 Å². The van der Waals surface area contributed by atoms with Gasteiger partial charge in [0.15, 0.2) is 0 Å². The molecule has 2 rings (SSSR count). The molecule has 1 amide bonds. The molecule has 0 unspecified atom stereocenters. The number of anilines is 1. The summed E-state index contributed by atoms with van der Waals surface area (Å²) in [4.78, 5) is 11.1. The second kappa shape index (κ2) is 4.42. The van der Waals surface area contributed by atoms with E-state index in [1.807, 2.05) is 12.1 Å². The summed E-state index contributed by atoms with van der Waals surface area (Å²) in [6.07, 6.45) is 1.42. The fourth-order valence-corrected chi connectivity index (χ4v) is 1.76. The summed E-state index contributed by atoms with van der Waals surface area (Å²) >= 11 is 0. The summed E-state index contributed by atoms with van der Waals surface area (Å²) < 4.78 is 0. The van der Waals surface area contributed by atoms with Crippen LogP contribution in [0.5, 0.6) is 0 Å². The molecule has 1 aromatic carbocycles. The average Bonchev–Trinajstić information content (AvgIpc) is 2.26. The Hall–Kier alpha value is -1.39. The minimum atomic E-state index is 0.107. The zero-order valence-corrected chi connectivity index (χ0v) is 8.55. The minimum absolute atomic E-state index is 0.107. The third-order valence-electron chi connectivity index (χ3n) is 2.54. The highest BCUT2D eigenvalue weighted by Crippen LogP contribution is 2.23. The molecule has 0 spiro atoms. The standard InChI is InChI=1S/C11H15N3O/c12-7-13-6-8-1-3-10-9(5-8)2-4-11(15)14-10/h1,3,5,13H,2,4,6-7,12H2,(H,14,15). The first-order valence-corrected chi connectivity index (χ1v) is 5.12. The van der Waals surface area contributed by atoms with Gasteiger partial charge in [0.25, 0.3) is 0 Å². The molecular weight excluding hydrogens is 190 g/mol. The quantitative estimate of drug-likeness (QED) is 0.632. The van der Waals surface area contributed by atoms with Crippen LogP contribution in [0, 0.1) is 0 Å². The molecule has 0 fully saturated rings. The summed E-state index contributed by atoms with van der Waals surface area (Å²) in [5.74, 6) is 0.107. The highest BCUT2D eigenvalue weighted by atomic mass is 16.1. The van der Waals surface area contributed by atoms with Gasteiger partial charge in [-0.2, -0.15) is 0 Å². The summed E-state index contributed by atoms with van der Waals surface area (Å²) in [6.45, 7) is 1.26. The normalized spacial score (nSPS) is 14.6. The van der Waals surface area contributed by atoms with Crippen molar-refractivity contribution in [3.8, 4) is 0 Å². The SMILES string of the molecule is NCNCc1ccc2c(c1)CCC(=O)N2. The fourth-order valence-electron chi connectivity index (χ4n) is 1.76. The average molecular weight is 205 g/mol. The van der Waals surface area contributed by atoms with Crippen LogP contribution in [0.1, 0.15) is 17.5 Å². The Labute approximate surface area is 88.9 Å². The molecule has 0 saturated carbocycles. The molecular formula is C11H15N3O. The van der Waals surface area contributed by atoms with Gasteiger partial charge in [-0.25, -0.2) is 0 Å². The number of hydrogen-bond acceptors (Lipinski definition) is 3. The van der Waals surface area contributed by atoms with Gasteiger partial charge in [0.2, 0.25) is 5.91 Å². The van der Waals surface area contributed by atoms with Crippen LogP contribution in [-0.4, -0.2) is 12.6 Å². The highest BCUT2D eigenvalue weighted by Gasteiger charge is 2.14. The monoisotopic (exact) mass is 205 g/mol. The van der Waals surface area contributed by atoms with Crippen LogP contribution in [0.15, 0.2) is 18.2 Å². The number of hydrogen-bond donors (Lipinski definition) is 3. The number of fused-ring (bicyclic) bond motifs is 1. The van der Waals surface area contributed by atoms with Gasteiger partial charge < -0.3 is 16.4 Å². The topological polar surface area (TPSA) is 67.1 Å². The smallest absolute Gasteiger partial charge is 0.224 e. The minimum Gasteiger partial charge on any atom is -0.326 e. The van der Waals surface area contributed by atoms with E-state index in [2.05, 4.69) is 16.7 Å². The van der Waals surface area contributed by atoms with Crippen molar-refractivity contribution in [3.63, 3.8) is 0 Å². The van der Waals surface area contributed by atoms with E-state index in [1.54, 1.807) is 0 Å². The molecule has 0 aromatic heterocycles. The van der Waals surface area contributed by atoms with Crippen LogP contribution in [0.2, 0.25) is 0 Å². The molecule has 15 heavy (non-hydrogen) atoms. The molecule has 0 saturated heterocycles. The Morgan fingerprint density at radius 2 is 2.27 bits per heavy atom. The molecule has 0 radical (unpaired) electrons. The number of nitrogens with one attached hydrogen (secondary N) is 2. The van der Waals surface area contributed by atoms with Crippen molar-refractivity contribution in [2.75, 3.05) is 12.0 Å². The van der Waals surface area contributed by atoms with Crippen molar-refractivity contribution in [2.24, 2.45) is 5.73 Å². The van der Waals surface area contributed by atoms with Gasteiger partial charge in [-0.05, 0) is 23.6 Å². The molecule has 4 heteroatoms. The van der Waals surface area contributed by atoms with E-state index >= 15 is 0 Å². The molecule has 0 atom stereocenters. The predicted molar refractivity (Wildman–Crippen MR) is 59.3 cm³/mol. The highest BCUT2D eigenvalue weighted by molar-refractivity contribution is 5.93. The zero-order valence-electron chi connectivity index (χ0n) is 8.55. The Morgan fingerprint density at radius 3 is 3.07 bits per heavy atom. The van der Waals surface area contributed by atoms with Gasteiger partial charge in [-0.15, -0.1) is 0 Å². The van der Waals surface area contributed by atoms with E-state index in [0.29, 0.717) is 13.1 Å². The van der Waals surface area contributed by atoms with Crippen molar-refractivity contribution in [2.45, 2.75) is 19.4 Å². The molecule has 1 aromatic rings. The van der Waals surface area contributed by atoms with Crippen LogP contribution >= 0.6 is 0 Å². The van der Waals surface area contributed by atoms with E-state index in [1.165, 1.54) is 11.1 Å².